The lowest BCUT2D eigenvalue weighted by Gasteiger charge is -2.29. The van der Waals surface area contributed by atoms with Crippen molar-refractivity contribution < 1.29 is 29.0 Å². The van der Waals surface area contributed by atoms with Gasteiger partial charge in [-0.25, -0.2) is 0 Å². The van der Waals surface area contributed by atoms with E-state index in [9.17, 15) is 19.8 Å². The van der Waals surface area contributed by atoms with Crippen molar-refractivity contribution >= 4 is 11.9 Å². The number of carbonyl (C=O) groups is 2. The van der Waals surface area contributed by atoms with Gasteiger partial charge >= 0.3 is 5.97 Å². The number of aliphatic hydroxyl groups is 1. The van der Waals surface area contributed by atoms with Gasteiger partial charge in [-0.3, -0.25) is 4.79 Å². The van der Waals surface area contributed by atoms with Crippen LogP contribution in [-0.4, -0.2) is 61.4 Å². The van der Waals surface area contributed by atoms with E-state index in [0.29, 0.717) is 17.4 Å². The highest BCUT2D eigenvalue weighted by Crippen LogP contribution is 2.09. The maximum absolute atomic E-state index is 12.0. The molecule has 0 aromatic heterocycles. The summed E-state index contributed by atoms with van der Waals surface area (Å²) < 4.78 is 5.71. The predicted molar refractivity (Wildman–Crippen MR) is 132 cm³/mol. The van der Waals surface area contributed by atoms with Gasteiger partial charge in [0.25, 0.3) is 0 Å². The molecule has 0 bridgehead atoms. The number of allylic oxidation sites excluding steroid dienone is 7. The lowest BCUT2D eigenvalue weighted by Crippen LogP contribution is -2.45. The molecule has 1 N–H and O–H groups in total. The molecular weight excluding hydrogens is 418 g/mol. The fourth-order valence-corrected chi connectivity index (χ4v) is 3.15. The molecule has 188 valence electrons. The third kappa shape index (κ3) is 22.8. The first-order valence-electron chi connectivity index (χ1n) is 12.1. The Labute approximate surface area is 200 Å². The van der Waals surface area contributed by atoms with E-state index in [-0.39, 0.29) is 12.8 Å². The Kier molecular flexibility index (Phi) is 18.0. The quantitative estimate of drug-likeness (QED) is 0.136. The Morgan fingerprint density at radius 2 is 1.42 bits per heavy atom. The van der Waals surface area contributed by atoms with Gasteiger partial charge in [-0.2, -0.15) is 0 Å². The summed E-state index contributed by atoms with van der Waals surface area (Å²) in [7, 11) is 5.65. The van der Waals surface area contributed by atoms with Crippen molar-refractivity contribution in [1.82, 2.24) is 0 Å². The molecule has 0 fully saturated rings. The van der Waals surface area contributed by atoms with Gasteiger partial charge in [0.15, 0.2) is 6.10 Å². The van der Waals surface area contributed by atoms with Crippen LogP contribution in [0.5, 0.6) is 0 Å². The number of quaternary nitrogens is 1. The molecule has 6 nitrogen and oxygen atoms in total. The first-order valence-corrected chi connectivity index (χ1v) is 12.1. The number of carboxylic acids is 1. The van der Waals surface area contributed by atoms with Crippen LogP contribution >= 0.6 is 0 Å². The van der Waals surface area contributed by atoms with Gasteiger partial charge in [0, 0.05) is 12.4 Å². The maximum Gasteiger partial charge on any atom is 0.308 e. The number of likely N-dealkylation sites (N-methyl/N-ethyl adjacent to an activating group) is 1. The van der Waals surface area contributed by atoms with Crippen LogP contribution < -0.4 is 5.11 Å². The highest BCUT2D eigenvalue weighted by molar-refractivity contribution is 5.71. The molecule has 0 aliphatic heterocycles. The molecule has 0 aliphatic carbocycles. The third-order valence-electron chi connectivity index (χ3n) is 4.71. The van der Waals surface area contributed by atoms with E-state index in [4.69, 9.17) is 4.74 Å². The molecule has 0 amide bonds. The summed E-state index contributed by atoms with van der Waals surface area (Å²) >= 11 is 0. The number of unbranched alkanes of at least 4 members (excludes halogenated alkanes) is 3. The monoisotopic (exact) mass is 463 g/mol. The van der Waals surface area contributed by atoms with E-state index in [2.05, 4.69) is 43.4 Å². The zero-order valence-electron chi connectivity index (χ0n) is 21.1. The van der Waals surface area contributed by atoms with E-state index in [1.54, 1.807) is 0 Å². The lowest BCUT2D eigenvalue weighted by atomic mass is 10.1. The Bertz CT molecular complexity index is 643. The first-order chi connectivity index (χ1) is 15.6. The van der Waals surface area contributed by atoms with E-state index < -0.39 is 24.1 Å². The minimum atomic E-state index is -1.26. The zero-order chi connectivity index (χ0) is 25.0. The number of carbonyl (C=O) groups excluding carboxylic acids is 2. The Morgan fingerprint density at radius 3 is 1.94 bits per heavy atom. The SMILES string of the molecule is CCCCC/C=C/C/C=C/C/C=C/C/C=C/CC(O)CC(=O)OC(CC(=O)[O-])C[N+](C)(C)C. The number of carboxylic acid groups (broad SMARTS) is 1. The van der Waals surface area contributed by atoms with Crippen molar-refractivity contribution in [2.45, 2.75) is 83.3 Å². The smallest absolute Gasteiger partial charge is 0.308 e. The number of nitrogens with zero attached hydrogens (tertiary/aromatic N) is 1. The van der Waals surface area contributed by atoms with E-state index in [1.807, 2.05) is 33.3 Å². The fourth-order valence-electron chi connectivity index (χ4n) is 3.15. The molecule has 0 heterocycles. The number of rotatable bonds is 19. The third-order valence-corrected chi connectivity index (χ3v) is 4.71. The second-order valence-electron chi connectivity index (χ2n) is 9.34. The number of ether oxygens (including phenoxy) is 1. The van der Waals surface area contributed by atoms with Gasteiger partial charge < -0.3 is 24.2 Å². The van der Waals surface area contributed by atoms with Crippen LogP contribution in [-0.2, 0) is 14.3 Å². The number of hydrogen-bond donors (Lipinski definition) is 1. The minimum absolute atomic E-state index is 0.168. The second-order valence-corrected chi connectivity index (χ2v) is 9.34. The van der Waals surface area contributed by atoms with E-state index >= 15 is 0 Å². The van der Waals surface area contributed by atoms with Crippen molar-refractivity contribution in [3.63, 3.8) is 0 Å². The minimum Gasteiger partial charge on any atom is -0.550 e. The lowest BCUT2D eigenvalue weighted by molar-refractivity contribution is -0.873. The molecule has 0 spiro atoms. The van der Waals surface area contributed by atoms with Gasteiger partial charge in [0.05, 0.1) is 33.7 Å². The van der Waals surface area contributed by atoms with Crippen LogP contribution in [0, 0.1) is 0 Å². The standard InChI is InChI=1S/C27H45NO5/c1-5-6-7-8-9-10-11-12-13-14-15-16-17-18-19-20-24(29)21-27(32)33-25(22-26(30)31)23-28(2,3)4/h9-10,12-13,15-16,18-19,24-25,29H,5-8,11,14,17,20-23H2,1-4H3/b10-9+,13-12+,16-15+,19-18+. The summed E-state index contributed by atoms with van der Waals surface area (Å²) in [6.07, 6.45) is 22.6. The summed E-state index contributed by atoms with van der Waals surface area (Å²) in [6, 6.07) is 0. The summed E-state index contributed by atoms with van der Waals surface area (Å²) in [5.41, 5.74) is 0. The second kappa shape index (κ2) is 19.3. The van der Waals surface area contributed by atoms with Gasteiger partial charge in [-0.05, 0) is 38.5 Å². The largest absolute Gasteiger partial charge is 0.550 e. The Balaban J connectivity index is 4.04. The van der Waals surface area contributed by atoms with Crippen LogP contribution in [0.4, 0.5) is 0 Å². The summed E-state index contributed by atoms with van der Waals surface area (Å²) in [5, 5.41) is 20.9. The molecule has 6 heteroatoms. The summed E-state index contributed by atoms with van der Waals surface area (Å²) in [4.78, 5) is 22.9. The number of aliphatic carboxylic acids is 1. The number of aliphatic hydroxyl groups excluding tert-OH is 1. The average molecular weight is 464 g/mol. The Hall–Kier alpha value is -2.18. The Morgan fingerprint density at radius 1 is 0.879 bits per heavy atom. The zero-order valence-corrected chi connectivity index (χ0v) is 21.1. The molecule has 0 saturated carbocycles. The first kappa shape index (κ1) is 30.8. The molecule has 0 aromatic carbocycles. The van der Waals surface area contributed by atoms with Crippen molar-refractivity contribution in [3.05, 3.63) is 48.6 Å². The van der Waals surface area contributed by atoms with Crippen LogP contribution in [0.25, 0.3) is 0 Å². The predicted octanol–water partition coefficient (Wildman–Crippen LogP) is 3.86. The van der Waals surface area contributed by atoms with Crippen LogP contribution in [0.3, 0.4) is 0 Å². The van der Waals surface area contributed by atoms with Crippen LogP contribution in [0.15, 0.2) is 48.6 Å². The molecule has 33 heavy (non-hydrogen) atoms. The average Bonchev–Trinajstić information content (AvgIpc) is 2.68. The molecule has 2 atom stereocenters. The van der Waals surface area contributed by atoms with Crippen LogP contribution in [0.1, 0.15) is 71.1 Å². The fraction of sp³-hybridized carbons (Fsp3) is 0.630. The normalized spacial score (nSPS) is 14.6. The number of hydrogen-bond acceptors (Lipinski definition) is 5. The molecule has 0 saturated heterocycles. The molecule has 0 rings (SSSR count). The highest BCUT2D eigenvalue weighted by Gasteiger charge is 2.23. The summed E-state index contributed by atoms with van der Waals surface area (Å²) in [5.74, 6) is -1.86. The van der Waals surface area contributed by atoms with E-state index in [1.165, 1.54) is 25.7 Å². The molecule has 0 aromatic rings. The maximum atomic E-state index is 12.0. The van der Waals surface area contributed by atoms with Gasteiger partial charge in [0.2, 0.25) is 0 Å². The topological polar surface area (TPSA) is 86.7 Å². The van der Waals surface area contributed by atoms with Gasteiger partial charge in [-0.15, -0.1) is 0 Å². The molecular formula is C27H45NO5. The van der Waals surface area contributed by atoms with Gasteiger partial charge in [-0.1, -0.05) is 68.4 Å². The van der Waals surface area contributed by atoms with Gasteiger partial charge in [0.1, 0.15) is 6.54 Å². The van der Waals surface area contributed by atoms with Crippen molar-refractivity contribution in [2.75, 3.05) is 27.7 Å². The van der Waals surface area contributed by atoms with Crippen molar-refractivity contribution in [1.29, 1.82) is 0 Å². The number of esters is 1. The molecule has 0 aliphatic rings. The summed E-state index contributed by atoms with van der Waals surface area (Å²) in [6.45, 7) is 2.57. The molecule has 2 unspecified atom stereocenters. The molecule has 0 radical (unpaired) electrons. The highest BCUT2D eigenvalue weighted by atomic mass is 16.5. The van der Waals surface area contributed by atoms with E-state index in [0.717, 1.165) is 19.3 Å². The van der Waals surface area contributed by atoms with Crippen molar-refractivity contribution in [2.24, 2.45) is 0 Å². The van der Waals surface area contributed by atoms with Crippen LogP contribution in [0.2, 0.25) is 0 Å². The van der Waals surface area contributed by atoms with Crippen molar-refractivity contribution in [3.8, 4) is 0 Å².